The number of rotatable bonds is 4. The van der Waals surface area contributed by atoms with Crippen LogP contribution in [-0.2, 0) is 4.79 Å². The van der Waals surface area contributed by atoms with Crippen molar-refractivity contribution >= 4 is 11.6 Å². The van der Waals surface area contributed by atoms with Crippen molar-refractivity contribution in [2.75, 3.05) is 11.4 Å². The molecule has 0 unspecified atom stereocenters. The van der Waals surface area contributed by atoms with Gasteiger partial charge in [0.1, 0.15) is 12.2 Å². The summed E-state index contributed by atoms with van der Waals surface area (Å²) in [4.78, 5) is 12.9. The second kappa shape index (κ2) is 6.09. The fourth-order valence-electron chi connectivity index (χ4n) is 1.49. The number of nitrogens with zero attached hydrogens (tertiary/aromatic N) is 2. The molecule has 1 rings (SSSR count). The fourth-order valence-corrected chi connectivity index (χ4v) is 1.49. The molecule has 0 saturated carbocycles. The molecule has 0 atom stereocenters. The van der Waals surface area contributed by atoms with Gasteiger partial charge in [-0.3, -0.25) is 4.79 Å². The van der Waals surface area contributed by atoms with E-state index in [0.717, 1.165) is 12.1 Å². The Labute approximate surface area is 108 Å². The van der Waals surface area contributed by atoms with Crippen molar-refractivity contribution in [2.24, 2.45) is 0 Å². The average molecular weight is 272 g/mol. The van der Waals surface area contributed by atoms with E-state index in [1.165, 1.54) is 17.0 Å². The molecule has 0 heterocycles. The van der Waals surface area contributed by atoms with Crippen molar-refractivity contribution in [1.82, 2.24) is 0 Å². The molecule has 102 valence electrons. The van der Waals surface area contributed by atoms with Crippen LogP contribution in [0.3, 0.4) is 0 Å². The minimum absolute atomic E-state index is 0.283. The van der Waals surface area contributed by atoms with Gasteiger partial charge in [-0.15, -0.1) is 13.2 Å². The first-order valence-corrected chi connectivity index (χ1v) is 5.40. The third kappa shape index (κ3) is 4.50. The zero-order valence-corrected chi connectivity index (χ0v) is 10.1. The molecule has 0 aliphatic carbocycles. The summed E-state index contributed by atoms with van der Waals surface area (Å²) >= 11 is 0. The number of hydrogen-bond acceptors (Lipinski definition) is 3. The molecule has 0 aliphatic heterocycles. The van der Waals surface area contributed by atoms with Crippen molar-refractivity contribution in [3.8, 4) is 11.8 Å². The topological polar surface area (TPSA) is 53.3 Å². The van der Waals surface area contributed by atoms with Crippen molar-refractivity contribution in [3.05, 3.63) is 24.3 Å². The van der Waals surface area contributed by atoms with Gasteiger partial charge in [-0.2, -0.15) is 5.26 Å². The summed E-state index contributed by atoms with van der Waals surface area (Å²) in [6, 6.07) is 6.63. The minimum atomic E-state index is -4.75. The number of anilines is 1. The van der Waals surface area contributed by atoms with Crippen molar-refractivity contribution in [3.63, 3.8) is 0 Å². The quantitative estimate of drug-likeness (QED) is 0.846. The second-order valence-corrected chi connectivity index (χ2v) is 3.51. The largest absolute Gasteiger partial charge is 0.573 e. The molecule has 0 fully saturated rings. The van der Waals surface area contributed by atoms with E-state index < -0.39 is 12.3 Å². The lowest BCUT2D eigenvalue weighted by molar-refractivity contribution is -0.274. The van der Waals surface area contributed by atoms with Crippen LogP contribution in [0.25, 0.3) is 0 Å². The Hall–Kier alpha value is -2.23. The van der Waals surface area contributed by atoms with Crippen LogP contribution < -0.4 is 9.64 Å². The first-order chi connectivity index (χ1) is 8.87. The number of hydrogen-bond donors (Lipinski definition) is 0. The maximum Gasteiger partial charge on any atom is 0.573 e. The van der Waals surface area contributed by atoms with Gasteiger partial charge in [-0.05, 0) is 31.2 Å². The van der Waals surface area contributed by atoms with E-state index in [0.29, 0.717) is 12.2 Å². The summed E-state index contributed by atoms with van der Waals surface area (Å²) in [5.41, 5.74) is 0.414. The number of ether oxygens (including phenoxy) is 1. The number of alkyl halides is 3. The molecule has 0 aromatic heterocycles. The molecule has 1 aromatic rings. The van der Waals surface area contributed by atoms with Gasteiger partial charge in [0.2, 0.25) is 5.91 Å². The molecular formula is C12H11F3N2O2. The van der Waals surface area contributed by atoms with E-state index in [-0.39, 0.29) is 12.2 Å². The average Bonchev–Trinajstić information content (AvgIpc) is 2.30. The van der Waals surface area contributed by atoms with Crippen LogP contribution in [0.2, 0.25) is 0 Å². The number of halogens is 3. The molecule has 1 amide bonds. The van der Waals surface area contributed by atoms with Gasteiger partial charge in [-0.1, -0.05) is 0 Å². The number of carbonyl (C=O) groups is 1. The highest BCUT2D eigenvalue weighted by Crippen LogP contribution is 2.25. The molecule has 0 spiro atoms. The van der Waals surface area contributed by atoms with Crippen LogP contribution in [0.15, 0.2) is 24.3 Å². The zero-order valence-electron chi connectivity index (χ0n) is 10.1. The van der Waals surface area contributed by atoms with Crippen molar-refractivity contribution in [1.29, 1.82) is 5.26 Å². The Bertz CT molecular complexity index is 477. The number of benzene rings is 1. The van der Waals surface area contributed by atoms with Gasteiger partial charge >= 0.3 is 6.36 Å². The van der Waals surface area contributed by atoms with Crippen LogP contribution in [-0.4, -0.2) is 18.8 Å². The lowest BCUT2D eigenvalue weighted by Crippen LogP contribution is -2.30. The Balaban J connectivity index is 2.85. The van der Waals surface area contributed by atoms with Crippen molar-refractivity contribution < 1.29 is 22.7 Å². The maximum absolute atomic E-state index is 12.0. The molecule has 1 aromatic carbocycles. The number of amides is 1. The van der Waals surface area contributed by atoms with E-state index >= 15 is 0 Å². The monoisotopic (exact) mass is 272 g/mol. The highest BCUT2D eigenvalue weighted by molar-refractivity contribution is 5.94. The van der Waals surface area contributed by atoms with Crippen LogP contribution in [0.1, 0.15) is 13.3 Å². The van der Waals surface area contributed by atoms with E-state index in [1.807, 2.05) is 0 Å². The Kier molecular flexibility index (Phi) is 4.75. The Morgan fingerprint density at radius 1 is 1.37 bits per heavy atom. The van der Waals surface area contributed by atoms with Crippen LogP contribution in [0.4, 0.5) is 18.9 Å². The van der Waals surface area contributed by atoms with E-state index in [1.54, 1.807) is 13.0 Å². The summed E-state index contributed by atoms with van der Waals surface area (Å²) in [5.74, 6) is -0.769. The molecular weight excluding hydrogens is 261 g/mol. The van der Waals surface area contributed by atoms with Gasteiger partial charge in [0.05, 0.1) is 6.07 Å². The van der Waals surface area contributed by atoms with Crippen molar-refractivity contribution in [2.45, 2.75) is 19.7 Å². The first kappa shape index (κ1) is 14.8. The first-order valence-electron chi connectivity index (χ1n) is 5.40. The summed E-state index contributed by atoms with van der Waals surface area (Å²) in [5, 5.41) is 8.46. The molecule has 0 saturated heterocycles. The fraction of sp³-hybridized carbons (Fsp3) is 0.333. The maximum atomic E-state index is 12.0. The highest BCUT2D eigenvalue weighted by atomic mass is 19.4. The summed E-state index contributed by atoms with van der Waals surface area (Å²) < 4.78 is 39.6. The van der Waals surface area contributed by atoms with Gasteiger partial charge < -0.3 is 9.64 Å². The Morgan fingerprint density at radius 3 is 2.37 bits per heavy atom. The molecule has 4 nitrogen and oxygen atoms in total. The predicted octanol–water partition coefficient (Wildman–Crippen LogP) is 2.85. The van der Waals surface area contributed by atoms with Gasteiger partial charge in [0.25, 0.3) is 0 Å². The molecule has 7 heteroatoms. The zero-order chi connectivity index (χ0) is 14.5. The van der Waals surface area contributed by atoms with Gasteiger partial charge in [0, 0.05) is 12.2 Å². The standard InChI is InChI=1S/C12H11F3N2O2/c1-2-17(11(18)7-8-16)9-3-5-10(6-4-9)19-12(13,14)15/h3-6H,2,7H2,1H3. The number of nitriles is 1. The molecule has 19 heavy (non-hydrogen) atoms. The summed E-state index contributed by atoms with van der Waals surface area (Å²) in [7, 11) is 0. The normalized spacial score (nSPS) is 10.7. The lowest BCUT2D eigenvalue weighted by Gasteiger charge is -2.20. The highest BCUT2D eigenvalue weighted by Gasteiger charge is 2.31. The lowest BCUT2D eigenvalue weighted by atomic mass is 10.2. The van der Waals surface area contributed by atoms with Gasteiger partial charge in [-0.25, -0.2) is 0 Å². The van der Waals surface area contributed by atoms with Crippen LogP contribution in [0.5, 0.6) is 5.75 Å². The summed E-state index contributed by atoms with van der Waals surface area (Å²) in [6.45, 7) is 2.02. The third-order valence-electron chi connectivity index (χ3n) is 2.23. The van der Waals surface area contributed by atoms with E-state index in [4.69, 9.17) is 5.26 Å². The van der Waals surface area contributed by atoms with Crippen LogP contribution >= 0.6 is 0 Å². The number of carbonyl (C=O) groups excluding carboxylic acids is 1. The molecule has 0 aliphatic rings. The van der Waals surface area contributed by atoms with Crippen LogP contribution in [0, 0.1) is 11.3 Å². The van der Waals surface area contributed by atoms with Gasteiger partial charge in [0.15, 0.2) is 0 Å². The predicted molar refractivity (Wildman–Crippen MR) is 61.4 cm³/mol. The molecule has 0 bridgehead atoms. The summed E-state index contributed by atoms with van der Waals surface area (Å²) in [6.07, 6.45) is -5.03. The smallest absolute Gasteiger partial charge is 0.406 e. The molecule has 0 N–H and O–H groups in total. The van der Waals surface area contributed by atoms with E-state index in [2.05, 4.69) is 4.74 Å². The third-order valence-corrected chi connectivity index (χ3v) is 2.23. The van der Waals surface area contributed by atoms with E-state index in [9.17, 15) is 18.0 Å². The molecule has 0 radical (unpaired) electrons. The minimum Gasteiger partial charge on any atom is -0.406 e. The SMILES string of the molecule is CCN(C(=O)CC#N)c1ccc(OC(F)(F)F)cc1. The Morgan fingerprint density at radius 2 is 1.95 bits per heavy atom. The second-order valence-electron chi connectivity index (χ2n) is 3.51.